The van der Waals surface area contributed by atoms with Crippen molar-refractivity contribution in [2.75, 3.05) is 32.9 Å². The van der Waals surface area contributed by atoms with Crippen LogP contribution in [0.25, 0.3) is 0 Å². The van der Waals surface area contributed by atoms with Crippen LogP contribution in [0.5, 0.6) is 11.5 Å². The minimum absolute atomic E-state index is 0.0162. The Balaban J connectivity index is 2.06. The number of hydrogen-bond donors (Lipinski definition) is 0. The number of carbonyl (C=O) groups excluding carboxylic acids is 2. The fourth-order valence-corrected chi connectivity index (χ4v) is 2.68. The molecular formula is C19H24F3NO5. The highest BCUT2D eigenvalue weighted by Gasteiger charge is 2.29. The highest BCUT2D eigenvalue weighted by Crippen LogP contribution is 2.30. The molecule has 1 heterocycles. The van der Waals surface area contributed by atoms with Crippen molar-refractivity contribution in [1.29, 1.82) is 0 Å². The molecule has 1 aliphatic rings. The van der Waals surface area contributed by atoms with E-state index in [0.717, 1.165) is 12.8 Å². The molecular weight excluding hydrogens is 379 g/mol. The Labute approximate surface area is 161 Å². The van der Waals surface area contributed by atoms with Gasteiger partial charge in [0.2, 0.25) is 0 Å². The molecule has 1 saturated heterocycles. The second-order valence-corrected chi connectivity index (χ2v) is 6.46. The molecule has 28 heavy (non-hydrogen) atoms. The molecule has 156 valence electrons. The van der Waals surface area contributed by atoms with E-state index < -0.39 is 18.8 Å². The van der Waals surface area contributed by atoms with Gasteiger partial charge in [0, 0.05) is 13.1 Å². The Morgan fingerprint density at radius 2 is 1.82 bits per heavy atom. The number of ether oxygens (including phenoxy) is 3. The number of esters is 1. The third-order valence-electron chi connectivity index (χ3n) is 4.03. The molecule has 0 unspecified atom stereocenters. The highest BCUT2D eigenvalue weighted by molar-refractivity contribution is 5.78. The van der Waals surface area contributed by atoms with Gasteiger partial charge in [0.1, 0.15) is 0 Å². The molecule has 0 saturated carbocycles. The second-order valence-electron chi connectivity index (χ2n) is 6.46. The molecule has 6 nitrogen and oxygen atoms in total. The van der Waals surface area contributed by atoms with E-state index >= 15 is 0 Å². The Hall–Kier alpha value is -2.45. The van der Waals surface area contributed by atoms with Crippen LogP contribution in [0.1, 0.15) is 31.7 Å². The number of hydrogen-bond acceptors (Lipinski definition) is 5. The van der Waals surface area contributed by atoms with Gasteiger partial charge in [-0.2, -0.15) is 13.2 Å². The molecule has 1 aromatic carbocycles. The Morgan fingerprint density at radius 3 is 2.46 bits per heavy atom. The first kappa shape index (κ1) is 21.8. The topological polar surface area (TPSA) is 65.1 Å². The molecule has 1 aromatic rings. The molecule has 0 radical (unpaired) electrons. The Kier molecular flexibility index (Phi) is 7.95. The third kappa shape index (κ3) is 7.28. The van der Waals surface area contributed by atoms with E-state index in [4.69, 9.17) is 14.2 Å². The smallest absolute Gasteiger partial charge is 0.422 e. The number of benzene rings is 1. The minimum Gasteiger partial charge on any atom is -0.480 e. The maximum absolute atomic E-state index is 12.5. The van der Waals surface area contributed by atoms with Crippen LogP contribution < -0.4 is 9.47 Å². The molecule has 0 N–H and O–H groups in total. The SMILES string of the molecule is CCCOC(=O)Cc1ccc(OCC(=O)N2CCCC2)c(OCC(F)(F)F)c1. The van der Waals surface area contributed by atoms with Gasteiger partial charge in [0.05, 0.1) is 13.0 Å². The van der Waals surface area contributed by atoms with Crippen molar-refractivity contribution >= 4 is 11.9 Å². The molecule has 2 rings (SSSR count). The van der Waals surface area contributed by atoms with E-state index in [1.165, 1.54) is 18.2 Å². The average Bonchev–Trinajstić information content (AvgIpc) is 3.18. The molecule has 0 spiro atoms. The minimum atomic E-state index is -4.53. The van der Waals surface area contributed by atoms with E-state index in [2.05, 4.69) is 0 Å². The van der Waals surface area contributed by atoms with Crippen LogP contribution >= 0.6 is 0 Å². The first-order chi connectivity index (χ1) is 13.3. The lowest BCUT2D eigenvalue weighted by atomic mass is 10.1. The number of carbonyl (C=O) groups is 2. The standard InChI is InChI=1S/C19H24F3NO5/c1-2-9-26-18(25)11-14-5-6-15(16(10-14)28-13-19(20,21)22)27-12-17(24)23-7-3-4-8-23/h5-6,10H,2-4,7-9,11-13H2,1H3. The van der Waals surface area contributed by atoms with Crippen molar-refractivity contribution in [3.8, 4) is 11.5 Å². The van der Waals surface area contributed by atoms with Gasteiger partial charge >= 0.3 is 12.1 Å². The fourth-order valence-electron chi connectivity index (χ4n) is 2.68. The Morgan fingerprint density at radius 1 is 1.11 bits per heavy atom. The van der Waals surface area contributed by atoms with Gasteiger partial charge in [-0.25, -0.2) is 0 Å². The predicted octanol–water partition coefficient (Wildman–Crippen LogP) is 3.12. The van der Waals surface area contributed by atoms with Gasteiger partial charge in [0.15, 0.2) is 24.7 Å². The zero-order chi connectivity index (χ0) is 20.6. The van der Waals surface area contributed by atoms with E-state index in [9.17, 15) is 22.8 Å². The highest BCUT2D eigenvalue weighted by atomic mass is 19.4. The van der Waals surface area contributed by atoms with Crippen LogP contribution in [0.4, 0.5) is 13.2 Å². The molecule has 0 atom stereocenters. The number of halogens is 3. The van der Waals surface area contributed by atoms with Gasteiger partial charge in [-0.15, -0.1) is 0 Å². The van der Waals surface area contributed by atoms with E-state index in [1.54, 1.807) is 4.90 Å². The van der Waals surface area contributed by atoms with Gasteiger partial charge in [-0.3, -0.25) is 9.59 Å². The quantitative estimate of drug-likeness (QED) is 0.593. The average molecular weight is 403 g/mol. The van der Waals surface area contributed by atoms with Crippen LogP contribution in [0.15, 0.2) is 18.2 Å². The van der Waals surface area contributed by atoms with Crippen LogP contribution in [-0.4, -0.2) is 55.9 Å². The van der Waals surface area contributed by atoms with Crippen molar-refractivity contribution in [3.05, 3.63) is 23.8 Å². The summed E-state index contributed by atoms with van der Waals surface area (Å²) in [6.07, 6.45) is -2.11. The van der Waals surface area contributed by atoms with E-state index in [-0.39, 0.29) is 37.0 Å². The summed E-state index contributed by atoms with van der Waals surface area (Å²) < 4.78 is 52.8. The van der Waals surface area contributed by atoms with Crippen molar-refractivity contribution in [1.82, 2.24) is 4.90 Å². The number of rotatable bonds is 9. The summed E-state index contributed by atoms with van der Waals surface area (Å²) in [5.74, 6) is -0.872. The summed E-state index contributed by atoms with van der Waals surface area (Å²) in [6, 6.07) is 4.23. The zero-order valence-corrected chi connectivity index (χ0v) is 15.7. The third-order valence-corrected chi connectivity index (χ3v) is 4.03. The monoisotopic (exact) mass is 403 g/mol. The van der Waals surface area contributed by atoms with Crippen molar-refractivity contribution in [2.24, 2.45) is 0 Å². The number of nitrogens with zero attached hydrogens (tertiary/aromatic N) is 1. The molecule has 9 heteroatoms. The van der Waals surface area contributed by atoms with E-state index in [0.29, 0.717) is 25.1 Å². The zero-order valence-electron chi connectivity index (χ0n) is 15.7. The summed E-state index contributed by atoms with van der Waals surface area (Å²) in [5.41, 5.74) is 0.427. The van der Waals surface area contributed by atoms with Crippen molar-refractivity contribution < 1.29 is 37.0 Å². The second kappa shape index (κ2) is 10.2. The summed E-state index contributed by atoms with van der Waals surface area (Å²) in [5, 5.41) is 0. The lowest BCUT2D eigenvalue weighted by Crippen LogP contribution is -2.32. The normalized spacial score (nSPS) is 14.1. The van der Waals surface area contributed by atoms with Crippen LogP contribution in [-0.2, 0) is 20.7 Å². The largest absolute Gasteiger partial charge is 0.480 e. The van der Waals surface area contributed by atoms with Gasteiger partial charge in [-0.05, 0) is 37.0 Å². The number of amides is 1. The molecule has 1 fully saturated rings. The molecule has 1 aliphatic heterocycles. The van der Waals surface area contributed by atoms with Crippen LogP contribution in [0.3, 0.4) is 0 Å². The fraction of sp³-hybridized carbons (Fsp3) is 0.579. The summed E-state index contributed by atoms with van der Waals surface area (Å²) >= 11 is 0. The maximum Gasteiger partial charge on any atom is 0.422 e. The predicted molar refractivity (Wildman–Crippen MR) is 94.3 cm³/mol. The lowest BCUT2D eigenvalue weighted by molar-refractivity contribution is -0.153. The molecule has 0 aliphatic carbocycles. The van der Waals surface area contributed by atoms with Crippen molar-refractivity contribution in [3.63, 3.8) is 0 Å². The summed E-state index contributed by atoms with van der Waals surface area (Å²) in [7, 11) is 0. The summed E-state index contributed by atoms with van der Waals surface area (Å²) in [4.78, 5) is 25.4. The van der Waals surface area contributed by atoms with E-state index in [1.807, 2.05) is 6.92 Å². The van der Waals surface area contributed by atoms with Gasteiger partial charge in [0.25, 0.3) is 5.91 Å². The Bertz CT molecular complexity index is 672. The number of likely N-dealkylation sites (tertiary alicyclic amines) is 1. The molecule has 0 bridgehead atoms. The molecule has 0 aromatic heterocycles. The van der Waals surface area contributed by atoms with Crippen molar-refractivity contribution in [2.45, 2.75) is 38.8 Å². The lowest BCUT2D eigenvalue weighted by Gasteiger charge is -2.18. The summed E-state index contributed by atoms with van der Waals surface area (Å²) in [6.45, 7) is 1.63. The first-order valence-corrected chi connectivity index (χ1v) is 9.17. The van der Waals surface area contributed by atoms with Gasteiger partial charge in [-0.1, -0.05) is 13.0 Å². The maximum atomic E-state index is 12.5. The van der Waals surface area contributed by atoms with Gasteiger partial charge < -0.3 is 19.1 Å². The molecule has 1 amide bonds. The number of alkyl halides is 3. The first-order valence-electron chi connectivity index (χ1n) is 9.17. The van der Waals surface area contributed by atoms with Crippen LogP contribution in [0.2, 0.25) is 0 Å². The van der Waals surface area contributed by atoms with Crippen LogP contribution in [0, 0.1) is 0 Å².